The molecule has 0 saturated carbocycles. The fourth-order valence-electron chi connectivity index (χ4n) is 5.32. The average molecular weight is 580 g/mol. The number of methoxy groups -OCH3 is 1. The number of aromatic hydroxyl groups is 1. The summed E-state index contributed by atoms with van der Waals surface area (Å²) >= 11 is 0. The van der Waals surface area contributed by atoms with Gasteiger partial charge in [0.1, 0.15) is 5.65 Å². The number of nitrogens with one attached hydrogen (secondary N) is 1. The van der Waals surface area contributed by atoms with Gasteiger partial charge in [-0.3, -0.25) is 9.69 Å². The highest BCUT2D eigenvalue weighted by atomic mass is 16.5. The van der Waals surface area contributed by atoms with Crippen LogP contribution in [0.25, 0.3) is 16.6 Å². The topological polar surface area (TPSA) is 119 Å². The minimum absolute atomic E-state index is 0.0320. The van der Waals surface area contributed by atoms with Crippen LogP contribution in [0.3, 0.4) is 0 Å². The molecule has 1 saturated heterocycles. The number of aromatic nitrogens is 3. The first-order chi connectivity index (χ1) is 20.8. The number of esters is 1. The molecule has 3 aromatic heterocycles. The Bertz CT molecular complexity index is 1830. The van der Waals surface area contributed by atoms with Gasteiger partial charge in [0.25, 0.3) is 0 Å². The lowest BCUT2D eigenvalue weighted by Crippen LogP contribution is -2.48. The summed E-state index contributed by atoms with van der Waals surface area (Å²) < 4.78 is 6.75. The highest BCUT2D eigenvalue weighted by Gasteiger charge is 2.22. The number of nitrogens with zero attached hydrogens (tertiary/aromatic N) is 6. The molecule has 6 rings (SSSR count). The molecule has 220 valence electrons. The van der Waals surface area contributed by atoms with E-state index >= 15 is 0 Å². The number of pyridine rings is 1. The molecule has 0 unspecified atom stereocenters. The summed E-state index contributed by atoms with van der Waals surface area (Å²) in [4.78, 5) is 43.6. The maximum Gasteiger partial charge on any atom is 0.337 e. The number of carbonyl (C=O) groups excluding carboxylic acids is 2. The summed E-state index contributed by atoms with van der Waals surface area (Å²) in [5.74, 6) is -0.516. The highest BCUT2D eigenvalue weighted by molar-refractivity contribution is 6.22. The fourth-order valence-corrected chi connectivity index (χ4v) is 5.32. The Balaban J connectivity index is 1.35. The second kappa shape index (κ2) is 11.7. The van der Waals surface area contributed by atoms with Gasteiger partial charge in [-0.2, -0.15) is 0 Å². The summed E-state index contributed by atoms with van der Waals surface area (Å²) in [7, 11) is 5.21. The van der Waals surface area contributed by atoms with Crippen LogP contribution in [-0.4, -0.2) is 101 Å². The summed E-state index contributed by atoms with van der Waals surface area (Å²) in [6.45, 7) is 4.04. The maximum atomic E-state index is 13.0. The number of amides is 1. The van der Waals surface area contributed by atoms with Crippen LogP contribution in [0.4, 0.5) is 11.4 Å². The highest BCUT2D eigenvalue weighted by Crippen LogP contribution is 2.33. The van der Waals surface area contributed by atoms with Gasteiger partial charge in [-0.1, -0.05) is 6.07 Å². The third-order valence-electron chi connectivity index (χ3n) is 7.91. The van der Waals surface area contributed by atoms with E-state index in [0.29, 0.717) is 40.0 Å². The first-order valence-corrected chi connectivity index (χ1v) is 14.0. The first-order valence-electron chi connectivity index (χ1n) is 14.0. The summed E-state index contributed by atoms with van der Waals surface area (Å²) in [5, 5.41) is 11.8. The molecule has 11 nitrogen and oxygen atoms in total. The van der Waals surface area contributed by atoms with Crippen molar-refractivity contribution in [1.29, 1.82) is 0 Å². The Morgan fingerprint density at radius 2 is 1.79 bits per heavy atom. The Labute approximate surface area is 248 Å². The van der Waals surface area contributed by atoms with Gasteiger partial charge in [-0.15, -0.1) is 0 Å². The number of anilines is 1. The molecule has 1 aliphatic rings. The third-order valence-corrected chi connectivity index (χ3v) is 7.91. The van der Waals surface area contributed by atoms with E-state index < -0.39 is 5.97 Å². The number of piperazine rings is 1. The molecule has 0 bridgehead atoms. The summed E-state index contributed by atoms with van der Waals surface area (Å²) in [5.41, 5.74) is 4.83. The molecule has 4 heterocycles. The van der Waals surface area contributed by atoms with Crippen molar-refractivity contribution in [3.8, 4) is 5.88 Å². The SMILES string of the molecule is COC(=O)c1ccc2c(C(=Nc3ccc(N(C)C(=O)CN4CCN(C)CC4)cc3)c3ccn4ccnc4c3)c(O)[nH]c2c1. The number of rotatable bonds is 7. The van der Waals surface area contributed by atoms with E-state index in [9.17, 15) is 14.7 Å². The molecule has 5 aromatic rings. The molecular formula is C32H33N7O4. The number of ether oxygens (including phenoxy) is 1. The number of fused-ring (bicyclic) bond motifs is 2. The predicted octanol–water partition coefficient (Wildman–Crippen LogP) is 3.69. The third kappa shape index (κ3) is 5.72. The predicted molar refractivity (Wildman–Crippen MR) is 166 cm³/mol. The lowest BCUT2D eigenvalue weighted by Gasteiger charge is -2.32. The summed E-state index contributed by atoms with van der Waals surface area (Å²) in [6, 6.07) is 16.3. The van der Waals surface area contributed by atoms with Crippen molar-refractivity contribution in [2.24, 2.45) is 4.99 Å². The minimum Gasteiger partial charge on any atom is -0.494 e. The maximum absolute atomic E-state index is 13.0. The Morgan fingerprint density at radius 1 is 1.02 bits per heavy atom. The molecular weight excluding hydrogens is 546 g/mol. The van der Waals surface area contributed by atoms with Crippen molar-refractivity contribution in [2.75, 3.05) is 58.8 Å². The number of aromatic amines is 1. The largest absolute Gasteiger partial charge is 0.494 e. The van der Waals surface area contributed by atoms with Crippen molar-refractivity contribution in [2.45, 2.75) is 0 Å². The van der Waals surface area contributed by atoms with Gasteiger partial charge < -0.3 is 29.0 Å². The molecule has 2 aromatic carbocycles. The number of H-pyrrole nitrogens is 1. The van der Waals surface area contributed by atoms with E-state index in [2.05, 4.69) is 26.8 Å². The van der Waals surface area contributed by atoms with E-state index in [4.69, 9.17) is 9.73 Å². The van der Waals surface area contributed by atoms with E-state index in [1.54, 1.807) is 36.3 Å². The Morgan fingerprint density at radius 3 is 2.53 bits per heavy atom. The van der Waals surface area contributed by atoms with Crippen molar-refractivity contribution in [3.05, 3.63) is 89.9 Å². The number of likely N-dealkylation sites (N-methyl/N-ethyl adjacent to an activating group) is 2. The van der Waals surface area contributed by atoms with Crippen molar-refractivity contribution in [1.82, 2.24) is 24.2 Å². The Hall–Kier alpha value is -5.00. The van der Waals surface area contributed by atoms with Crippen molar-refractivity contribution >= 4 is 45.5 Å². The number of hydrogen-bond donors (Lipinski definition) is 2. The fraction of sp³-hybridized carbons (Fsp3) is 0.250. The number of aliphatic imine (C=N–C) groups is 1. The second-order valence-electron chi connectivity index (χ2n) is 10.7. The molecule has 1 amide bonds. The lowest BCUT2D eigenvalue weighted by molar-refractivity contribution is -0.119. The molecule has 0 aliphatic carbocycles. The number of imidazole rings is 1. The number of benzene rings is 2. The van der Waals surface area contributed by atoms with Gasteiger partial charge in [-0.25, -0.2) is 14.8 Å². The number of hydrogen-bond acceptors (Lipinski definition) is 8. The van der Waals surface area contributed by atoms with Crippen molar-refractivity contribution in [3.63, 3.8) is 0 Å². The van der Waals surface area contributed by atoms with Gasteiger partial charge >= 0.3 is 5.97 Å². The van der Waals surface area contributed by atoms with E-state index in [1.165, 1.54) is 7.11 Å². The van der Waals surface area contributed by atoms with Crippen LogP contribution in [0.2, 0.25) is 0 Å². The van der Waals surface area contributed by atoms with Crippen LogP contribution in [-0.2, 0) is 9.53 Å². The molecule has 11 heteroatoms. The van der Waals surface area contributed by atoms with Crippen LogP contribution < -0.4 is 4.90 Å². The minimum atomic E-state index is -0.469. The monoisotopic (exact) mass is 579 g/mol. The zero-order chi connectivity index (χ0) is 30.1. The van der Waals surface area contributed by atoms with Gasteiger partial charge in [0, 0.05) is 74.0 Å². The molecule has 0 radical (unpaired) electrons. The van der Waals surface area contributed by atoms with Crippen LogP contribution in [0.5, 0.6) is 5.88 Å². The molecule has 43 heavy (non-hydrogen) atoms. The van der Waals surface area contributed by atoms with Gasteiger partial charge in [0.15, 0.2) is 5.88 Å². The zero-order valence-electron chi connectivity index (χ0n) is 24.3. The molecule has 1 fully saturated rings. The standard InChI is InChI=1S/C32H33N7O4/c1-36-14-16-38(17-15-36)20-28(40)37(2)24-7-5-23(6-8-24)34-30(21-10-12-39-13-11-33-27(39)19-21)29-25-9-4-22(32(42)43-3)18-26(25)35-31(29)41/h4-13,18-19,35,41H,14-17,20H2,1-3H3. The molecule has 1 aliphatic heterocycles. The zero-order valence-corrected chi connectivity index (χ0v) is 24.3. The molecule has 0 spiro atoms. The average Bonchev–Trinajstić information content (AvgIpc) is 3.63. The Kier molecular flexibility index (Phi) is 7.66. The van der Waals surface area contributed by atoms with Crippen molar-refractivity contribution < 1.29 is 19.4 Å². The van der Waals surface area contributed by atoms with Crippen LogP contribution in [0.1, 0.15) is 21.5 Å². The molecule has 0 atom stereocenters. The van der Waals surface area contributed by atoms with Gasteiger partial charge in [0.2, 0.25) is 5.91 Å². The second-order valence-corrected chi connectivity index (χ2v) is 10.7. The smallest absolute Gasteiger partial charge is 0.337 e. The van der Waals surface area contributed by atoms with Gasteiger partial charge in [0.05, 0.1) is 36.2 Å². The normalized spacial score (nSPS) is 14.8. The van der Waals surface area contributed by atoms with Gasteiger partial charge in [-0.05, 0) is 55.6 Å². The van der Waals surface area contributed by atoms with Crippen LogP contribution in [0, 0.1) is 0 Å². The number of carbonyl (C=O) groups is 2. The van der Waals surface area contributed by atoms with Crippen LogP contribution in [0.15, 0.2) is 78.2 Å². The van der Waals surface area contributed by atoms with E-state index in [-0.39, 0.29) is 11.8 Å². The first kappa shape index (κ1) is 28.1. The lowest BCUT2D eigenvalue weighted by atomic mass is 10.0. The quantitative estimate of drug-likeness (QED) is 0.223. The van der Waals surface area contributed by atoms with E-state index in [0.717, 1.165) is 43.1 Å². The molecule has 2 N–H and O–H groups in total. The van der Waals surface area contributed by atoms with Crippen LogP contribution >= 0.6 is 0 Å². The van der Waals surface area contributed by atoms with E-state index in [1.807, 2.05) is 53.2 Å². The summed E-state index contributed by atoms with van der Waals surface area (Å²) in [6.07, 6.45) is 5.46.